The van der Waals surface area contributed by atoms with Crippen LogP contribution in [0.15, 0.2) is 12.1 Å². The third-order valence-electron chi connectivity index (χ3n) is 3.19. The average Bonchev–Trinajstić information content (AvgIpc) is 2.36. The molecule has 0 fully saturated rings. The highest BCUT2D eigenvalue weighted by Gasteiger charge is 2.24. The number of benzene rings is 1. The zero-order chi connectivity index (χ0) is 16.2. The number of nitro benzene ring substituents is 1. The topological polar surface area (TPSA) is 92.5 Å². The van der Waals surface area contributed by atoms with Crippen LogP contribution in [0.1, 0.15) is 36.2 Å². The van der Waals surface area contributed by atoms with Crippen molar-refractivity contribution in [3.8, 4) is 0 Å². The number of aliphatic hydroxyl groups excluding tert-OH is 1. The van der Waals surface area contributed by atoms with E-state index in [0.29, 0.717) is 6.42 Å². The van der Waals surface area contributed by atoms with Crippen molar-refractivity contribution in [2.75, 3.05) is 6.54 Å². The summed E-state index contributed by atoms with van der Waals surface area (Å²) >= 11 is 0. The fourth-order valence-corrected chi connectivity index (χ4v) is 1.91. The first-order valence-electron chi connectivity index (χ1n) is 6.64. The largest absolute Gasteiger partial charge is 0.393 e. The summed E-state index contributed by atoms with van der Waals surface area (Å²) in [5, 5.41) is 23.1. The Morgan fingerprint density at radius 2 is 2.10 bits per heavy atom. The number of hydrogen-bond acceptors (Lipinski definition) is 4. The first-order valence-corrected chi connectivity index (χ1v) is 6.64. The van der Waals surface area contributed by atoms with Crippen LogP contribution in [0.2, 0.25) is 0 Å². The Balaban J connectivity index is 2.85. The molecule has 1 rings (SSSR count). The van der Waals surface area contributed by atoms with E-state index in [0.717, 1.165) is 12.1 Å². The molecule has 1 atom stereocenters. The summed E-state index contributed by atoms with van der Waals surface area (Å²) < 4.78 is 13.3. The van der Waals surface area contributed by atoms with Gasteiger partial charge in [0.1, 0.15) is 11.4 Å². The van der Waals surface area contributed by atoms with Crippen LogP contribution in [-0.2, 0) is 0 Å². The molecule has 116 valence electrons. The second kappa shape index (κ2) is 7.12. The minimum Gasteiger partial charge on any atom is -0.393 e. The molecule has 0 saturated carbocycles. The van der Waals surface area contributed by atoms with Crippen LogP contribution in [0, 0.1) is 28.8 Å². The highest BCUT2D eigenvalue weighted by atomic mass is 19.1. The molecule has 6 nitrogen and oxygen atoms in total. The lowest BCUT2D eigenvalue weighted by atomic mass is 10.0. The van der Waals surface area contributed by atoms with Gasteiger partial charge < -0.3 is 10.4 Å². The molecule has 1 unspecified atom stereocenters. The van der Waals surface area contributed by atoms with Gasteiger partial charge in [0.25, 0.3) is 11.6 Å². The molecule has 0 aliphatic carbocycles. The molecule has 0 saturated heterocycles. The minimum absolute atomic E-state index is 0.0488. The van der Waals surface area contributed by atoms with Gasteiger partial charge in [-0.15, -0.1) is 0 Å². The van der Waals surface area contributed by atoms with Crippen LogP contribution < -0.4 is 5.32 Å². The van der Waals surface area contributed by atoms with Crippen molar-refractivity contribution < 1.29 is 19.2 Å². The lowest BCUT2D eigenvalue weighted by Crippen LogP contribution is -2.29. The molecule has 0 radical (unpaired) electrons. The molecule has 2 N–H and O–H groups in total. The van der Waals surface area contributed by atoms with Gasteiger partial charge in [0, 0.05) is 12.1 Å². The zero-order valence-electron chi connectivity index (χ0n) is 12.2. The normalized spacial score (nSPS) is 12.3. The Labute approximate surface area is 122 Å². The molecule has 0 heterocycles. The standard InChI is InChI=1S/C14H19FN2O4/c1-8(2)12(18)4-5-16-14(19)11-7-10(15)6-9(3)13(11)17(20)21/h6-8,12,18H,4-5H2,1-3H3,(H,16,19). The summed E-state index contributed by atoms with van der Waals surface area (Å²) in [6.45, 7) is 5.21. The molecular weight excluding hydrogens is 279 g/mol. The summed E-state index contributed by atoms with van der Waals surface area (Å²) in [4.78, 5) is 22.3. The maximum atomic E-state index is 13.3. The molecule has 0 spiro atoms. The van der Waals surface area contributed by atoms with Crippen LogP contribution in [0.25, 0.3) is 0 Å². The van der Waals surface area contributed by atoms with E-state index >= 15 is 0 Å². The third-order valence-corrected chi connectivity index (χ3v) is 3.19. The number of nitrogens with one attached hydrogen (secondary N) is 1. The second-order valence-corrected chi connectivity index (χ2v) is 5.23. The number of carbonyl (C=O) groups excluding carboxylic acids is 1. The molecule has 0 aliphatic heterocycles. The van der Waals surface area contributed by atoms with Crippen molar-refractivity contribution >= 4 is 11.6 Å². The van der Waals surface area contributed by atoms with Gasteiger partial charge in [-0.05, 0) is 31.4 Å². The lowest BCUT2D eigenvalue weighted by Gasteiger charge is -2.14. The second-order valence-electron chi connectivity index (χ2n) is 5.23. The highest BCUT2D eigenvalue weighted by molar-refractivity contribution is 5.98. The number of nitrogens with zero attached hydrogens (tertiary/aromatic N) is 1. The maximum Gasteiger partial charge on any atom is 0.285 e. The van der Waals surface area contributed by atoms with Gasteiger partial charge >= 0.3 is 0 Å². The average molecular weight is 298 g/mol. The third kappa shape index (κ3) is 4.49. The van der Waals surface area contributed by atoms with E-state index < -0.39 is 28.4 Å². The Bertz CT molecular complexity index is 546. The fraction of sp³-hybridized carbons (Fsp3) is 0.500. The summed E-state index contributed by atoms with van der Waals surface area (Å²) in [6, 6.07) is 1.86. The first kappa shape index (κ1) is 17.0. The van der Waals surface area contributed by atoms with Crippen LogP contribution in [0.5, 0.6) is 0 Å². The van der Waals surface area contributed by atoms with Gasteiger partial charge in [-0.1, -0.05) is 13.8 Å². The molecule has 21 heavy (non-hydrogen) atoms. The van der Waals surface area contributed by atoms with Gasteiger partial charge in [0.05, 0.1) is 11.0 Å². The Morgan fingerprint density at radius 3 is 2.62 bits per heavy atom. The van der Waals surface area contributed by atoms with E-state index in [2.05, 4.69) is 5.32 Å². The molecule has 0 aromatic heterocycles. The quantitative estimate of drug-likeness (QED) is 0.622. The van der Waals surface area contributed by atoms with E-state index in [1.165, 1.54) is 6.92 Å². The Hall–Kier alpha value is -2.02. The Kier molecular flexibility index (Phi) is 5.78. The molecule has 1 aromatic rings. The summed E-state index contributed by atoms with van der Waals surface area (Å²) in [5.41, 5.74) is -0.623. The number of amides is 1. The number of halogens is 1. The van der Waals surface area contributed by atoms with Gasteiger partial charge in [0.15, 0.2) is 0 Å². The molecule has 7 heteroatoms. The first-order chi connectivity index (χ1) is 9.73. The van der Waals surface area contributed by atoms with Crippen molar-refractivity contribution in [2.45, 2.75) is 33.3 Å². The number of rotatable bonds is 6. The van der Waals surface area contributed by atoms with E-state index in [1.807, 2.05) is 13.8 Å². The number of hydrogen-bond donors (Lipinski definition) is 2. The van der Waals surface area contributed by atoms with Gasteiger partial charge in [-0.3, -0.25) is 14.9 Å². The van der Waals surface area contributed by atoms with Crippen molar-refractivity contribution in [3.05, 3.63) is 39.2 Å². The molecular formula is C14H19FN2O4. The summed E-state index contributed by atoms with van der Waals surface area (Å²) in [6.07, 6.45) is -0.250. The van der Waals surface area contributed by atoms with E-state index in [9.17, 15) is 24.4 Å². The number of carbonyl (C=O) groups is 1. The van der Waals surface area contributed by atoms with Crippen LogP contribution in [-0.4, -0.2) is 28.6 Å². The van der Waals surface area contributed by atoms with E-state index in [1.54, 1.807) is 0 Å². The van der Waals surface area contributed by atoms with Crippen molar-refractivity contribution in [2.24, 2.45) is 5.92 Å². The van der Waals surface area contributed by atoms with Crippen molar-refractivity contribution in [1.82, 2.24) is 5.32 Å². The zero-order valence-corrected chi connectivity index (χ0v) is 12.2. The van der Waals surface area contributed by atoms with Crippen LogP contribution in [0.4, 0.5) is 10.1 Å². The molecule has 1 aromatic carbocycles. The smallest absolute Gasteiger partial charge is 0.285 e. The maximum absolute atomic E-state index is 13.3. The predicted octanol–water partition coefficient (Wildman–Crippen LogP) is 2.18. The van der Waals surface area contributed by atoms with E-state index in [-0.39, 0.29) is 23.6 Å². The SMILES string of the molecule is Cc1cc(F)cc(C(=O)NCCC(O)C(C)C)c1[N+](=O)[O-]. The van der Waals surface area contributed by atoms with E-state index in [4.69, 9.17) is 0 Å². The number of nitro groups is 1. The molecule has 0 aliphatic rings. The minimum atomic E-state index is -0.722. The van der Waals surface area contributed by atoms with Gasteiger partial charge in [0.2, 0.25) is 0 Å². The number of aliphatic hydroxyl groups is 1. The predicted molar refractivity (Wildman–Crippen MR) is 75.6 cm³/mol. The van der Waals surface area contributed by atoms with Crippen LogP contribution >= 0.6 is 0 Å². The van der Waals surface area contributed by atoms with Gasteiger partial charge in [-0.2, -0.15) is 0 Å². The molecule has 1 amide bonds. The lowest BCUT2D eigenvalue weighted by molar-refractivity contribution is -0.385. The van der Waals surface area contributed by atoms with Crippen molar-refractivity contribution in [1.29, 1.82) is 0 Å². The molecule has 0 bridgehead atoms. The fourth-order valence-electron chi connectivity index (χ4n) is 1.91. The number of aryl methyl sites for hydroxylation is 1. The summed E-state index contributed by atoms with van der Waals surface area (Å²) in [5.74, 6) is -1.38. The van der Waals surface area contributed by atoms with Crippen molar-refractivity contribution in [3.63, 3.8) is 0 Å². The Morgan fingerprint density at radius 1 is 1.48 bits per heavy atom. The highest BCUT2D eigenvalue weighted by Crippen LogP contribution is 2.24. The van der Waals surface area contributed by atoms with Gasteiger partial charge in [-0.25, -0.2) is 4.39 Å². The van der Waals surface area contributed by atoms with Crippen LogP contribution in [0.3, 0.4) is 0 Å². The summed E-state index contributed by atoms with van der Waals surface area (Å²) in [7, 11) is 0. The monoisotopic (exact) mass is 298 g/mol.